The molecule has 33 heteroatoms. The first-order valence-corrected chi connectivity index (χ1v) is 34.8. The number of hydrogen-bond acceptors (Lipinski definition) is 7. The van der Waals surface area contributed by atoms with Gasteiger partial charge in [0.2, 0.25) is 0 Å². The van der Waals surface area contributed by atoms with Crippen LogP contribution in [-0.2, 0) is 69.8 Å². The fourth-order valence-electron chi connectivity index (χ4n) is 14.0. The molecule has 0 spiro atoms. The van der Waals surface area contributed by atoms with E-state index in [1.54, 1.807) is 34.5 Å². The molecule has 0 saturated carbocycles. The Labute approximate surface area is 677 Å². The van der Waals surface area contributed by atoms with Gasteiger partial charge in [-0.1, -0.05) is 97.1 Å². The Kier molecular flexibility index (Phi) is 28.6. The number of benzene rings is 10. The van der Waals surface area contributed by atoms with E-state index in [-0.39, 0.29) is 27.8 Å². The molecule has 0 aliphatic carbocycles. The van der Waals surface area contributed by atoms with Crippen molar-refractivity contribution in [1.82, 2.24) is 0 Å². The van der Waals surface area contributed by atoms with Crippen LogP contribution in [0.2, 0.25) is 0 Å². The van der Waals surface area contributed by atoms with E-state index in [9.17, 15) is 105 Å². The van der Waals surface area contributed by atoms with E-state index in [1.807, 2.05) is 48.5 Å². The van der Waals surface area contributed by atoms with E-state index in [4.69, 9.17) is 24.2 Å². The molecule has 2 saturated heterocycles. The van der Waals surface area contributed by atoms with Gasteiger partial charge in [0.05, 0.1) is 90.4 Å². The van der Waals surface area contributed by atoms with Crippen LogP contribution in [-0.4, -0.2) is 58.8 Å². The summed E-state index contributed by atoms with van der Waals surface area (Å²) in [7, 11) is 6.81. The van der Waals surface area contributed by atoms with Gasteiger partial charge in [-0.15, -0.1) is 0 Å². The molecule has 0 aromatic heterocycles. The average molecular weight is 1770 g/mol. The third kappa shape index (κ3) is 21.1. The molecule has 4 atom stereocenters. The number of methoxy groups -OCH3 is 4. The van der Waals surface area contributed by atoms with Crippen LogP contribution in [0.1, 0.15) is 90.3 Å². The van der Waals surface area contributed by atoms with Crippen LogP contribution in [0.15, 0.2) is 194 Å². The topological polar surface area (TPSA) is 66.7 Å². The van der Waals surface area contributed by atoms with Crippen LogP contribution in [0.4, 0.5) is 117 Å². The summed E-state index contributed by atoms with van der Waals surface area (Å²) in [5.41, 5.74) is -15.2. The third-order valence-electron chi connectivity index (χ3n) is 20.0. The van der Waals surface area contributed by atoms with Gasteiger partial charge in [0.1, 0.15) is 29.1 Å². The van der Waals surface area contributed by atoms with Crippen molar-refractivity contribution in [3.8, 4) is 73.6 Å². The van der Waals surface area contributed by atoms with E-state index < -0.39 is 195 Å². The van der Waals surface area contributed by atoms with Gasteiger partial charge in [0, 0.05) is 53.3 Å². The molecule has 632 valence electrons. The molecular weight excluding hydrogens is 1700 g/mol. The van der Waals surface area contributed by atoms with E-state index in [0.717, 1.165) is 23.0 Å². The second-order valence-electron chi connectivity index (χ2n) is 27.6. The van der Waals surface area contributed by atoms with Crippen LogP contribution in [0.25, 0.3) is 44.5 Å². The molecule has 7 nitrogen and oxygen atoms in total. The molecule has 0 N–H and O–H groups in total. The zero-order valence-electron chi connectivity index (χ0n) is 64.2. The fraction of sp³-hybridized carbons (Fsp3) is 0.271. The summed E-state index contributed by atoms with van der Waals surface area (Å²) in [5.74, 6) is 3.51. The minimum Gasteiger partial charge on any atom is -0.497 e. The van der Waals surface area contributed by atoms with Crippen molar-refractivity contribution >= 4 is 39.4 Å². The van der Waals surface area contributed by atoms with Gasteiger partial charge in [-0.25, -0.2) is 0 Å². The Balaban J connectivity index is 0.000000262. The van der Waals surface area contributed by atoms with Gasteiger partial charge in [-0.05, 0) is 172 Å². The zero-order valence-corrected chi connectivity index (χ0v) is 65.8. The molecule has 12 rings (SSSR count). The summed E-state index contributed by atoms with van der Waals surface area (Å²) < 4.78 is 362. The smallest absolute Gasteiger partial charge is 0.497 e. The Morgan fingerprint density at radius 2 is 0.432 bits per heavy atom. The summed E-state index contributed by atoms with van der Waals surface area (Å²) in [6.07, 6.45) is -54.8. The number of halogens is 24. The molecule has 2 aliphatic rings. The van der Waals surface area contributed by atoms with Crippen molar-refractivity contribution in [2.45, 2.75) is 122 Å². The fourth-order valence-corrected chi connectivity index (χ4v) is 14.0. The van der Waals surface area contributed by atoms with Gasteiger partial charge in [0.15, 0.2) is 0 Å². The SMILES string of the molecule is CC#N.COc1ccc(-c2cc(C)cc(-c3ccc(OC)cc3)c2N2C(C)C2C)cc1.COc1ccc(-c2cc(C)cc(-c3ccc(OC)cc3)c2N2C(C)C2C)cc1.FC(F)(F)c1cc([B-](c2cc(C(F)(F)F)cc(C(F)(F)F)c2)(c2cc(C(F)(F)F)cc(C(F)(F)F)c2)c2cc(C(F)(F)F)cc(C(F)(F)F)c2)cc(C(F)(F)F)c1.[CH3-].[Pd+2]. The van der Waals surface area contributed by atoms with Gasteiger partial charge in [0.25, 0.3) is 0 Å². The average Bonchev–Trinajstić information content (AvgIpc) is 1.07. The molecule has 2 aliphatic heterocycles. The van der Waals surface area contributed by atoms with Crippen LogP contribution in [0.5, 0.6) is 23.0 Å². The number of ether oxygens (including phenoxy) is 4. The predicted molar refractivity (Wildman–Crippen MR) is 401 cm³/mol. The molecule has 0 radical (unpaired) electrons. The minimum atomic E-state index is -6.13. The maximum atomic E-state index is 14.2. The Hall–Kier alpha value is -10.5. The molecule has 0 bridgehead atoms. The predicted octanol–water partition coefficient (Wildman–Crippen LogP) is 24.1. The van der Waals surface area contributed by atoms with Crippen molar-refractivity contribution < 1.29 is 145 Å². The summed E-state index contributed by atoms with van der Waals surface area (Å²) in [6.45, 7) is 14.9. The summed E-state index contributed by atoms with van der Waals surface area (Å²) in [6, 6.07) is 37.7. The summed E-state index contributed by atoms with van der Waals surface area (Å²) in [5, 5.41) is 7.32. The number of rotatable bonds is 14. The largest absolute Gasteiger partial charge is 2.00 e. The molecule has 10 aromatic rings. The Bertz CT molecular complexity index is 4450. The van der Waals surface area contributed by atoms with E-state index in [2.05, 4.69) is 124 Å². The molecule has 2 heterocycles. The maximum Gasteiger partial charge on any atom is 2.00 e. The van der Waals surface area contributed by atoms with Crippen molar-refractivity contribution in [3.63, 3.8) is 0 Å². The van der Waals surface area contributed by atoms with Crippen molar-refractivity contribution in [1.29, 1.82) is 5.26 Å². The van der Waals surface area contributed by atoms with E-state index in [0.29, 0.717) is 24.2 Å². The molecule has 118 heavy (non-hydrogen) atoms. The van der Waals surface area contributed by atoms with Crippen molar-refractivity contribution in [3.05, 3.63) is 257 Å². The first kappa shape index (κ1) is 94.7. The number of nitrogens with zero attached hydrogens (tertiary/aromatic N) is 3. The van der Waals surface area contributed by atoms with Crippen LogP contribution < -0.4 is 50.6 Å². The van der Waals surface area contributed by atoms with Crippen molar-refractivity contribution in [2.24, 2.45) is 0 Å². The zero-order chi connectivity index (χ0) is 86.3. The summed E-state index contributed by atoms with van der Waals surface area (Å²) >= 11 is 0. The number of nitriles is 1. The van der Waals surface area contributed by atoms with Crippen LogP contribution in [0, 0.1) is 32.6 Å². The van der Waals surface area contributed by atoms with Gasteiger partial charge in [-0.2, -0.15) is 132 Å². The van der Waals surface area contributed by atoms with Crippen molar-refractivity contribution in [2.75, 3.05) is 38.2 Å². The van der Waals surface area contributed by atoms with Gasteiger partial charge < -0.3 is 36.2 Å². The first-order chi connectivity index (χ1) is 53.7. The molecule has 10 aromatic carbocycles. The monoisotopic (exact) mass is 1770 g/mol. The van der Waals surface area contributed by atoms with E-state index >= 15 is 0 Å². The third-order valence-corrected chi connectivity index (χ3v) is 20.0. The normalized spacial score (nSPS) is 15.6. The standard InChI is InChI=1S/C32H12BF24.2C25H27NO2.C2H3N.CH3.Pd/c34-25(35,36)13-1-14(26(37,38)39)6-21(5-13)33(22-7-15(27(40,41)42)2-16(8-22)28(43,44)45,23-9-17(29(46,47)48)3-18(10-23)30(49,50)51)24-11-19(31(52,53)54)4-20(12-24)32(55,56)57;2*1-16-14-23(19-6-10-21(27-4)11-7-19)25(26-17(2)18(26)3)24(15-16)20-8-12-22(28-5)13-9-20;1-2-3;;/h1-12H;2*6-15,17-18H,1-5H3;1H3;1H3;/q-1;;;;-1;+2. The molecular formula is C85H72BF24N3O4Pd. The number of alkyl halides is 24. The number of anilines is 2. The van der Waals surface area contributed by atoms with Crippen LogP contribution in [0.3, 0.4) is 0 Å². The molecule has 0 amide bonds. The Morgan fingerprint density at radius 3 is 0.551 bits per heavy atom. The van der Waals surface area contributed by atoms with Gasteiger partial charge >= 0.3 is 69.8 Å². The second-order valence-corrected chi connectivity index (χ2v) is 27.6. The minimum absolute atomic E-state index is 0. The van der Waals surface area contributed by atoms with Gasteiger partial charge in [-0.3, -0.25) is 0 Å². The van der Waals surface area contributed by atoms with E-state index in [1.165, 1.54) is 73.9 Å². The quantitative estimate of drug-likeness (QED) is 0.0465. The first-order valence-electron chi connectivity index (χ1n) is 34.8. The summed E-state index contributed by atoms with van der Waals surface area (Å²) in [4.78, 5) is 5.02. The Morgan fingerprint density at radius 1 is 0.288 bits per heavy atom. The molecule has 4 unspecified atom stereocenters. The number of aryl methyl sites for hydroxylation is 2. The molecule has 2 fully saturated rings. The second kappa shape index (κ2) is 35.6. The number of hydrogen-bond donors (Lipinski definition) is 0. The van der Waals surface area contributed by atoms with Crippen LogP contribution >= 0.6 is 0 Å². The maximum absolute atomic E-state index is 14.2.